The van der Waals surface area contributed by atoms with Crippen LogP contribution in [0.1, 0.15) is 25.3 Å². The van der Waals surface area contributed by atoms with Gasteiger partial charge in [-0.1, -0.05) is 44.2 Å². The Hall–Kier alpha value is -1.97. The number of aliphatic imine (C=N–C) groups is 1. The molecule has 1 aromatic rings. The smallest absolute Gasteiger partial charge is 0.191 e. The van der Waals surface area contributed by atoms with E-state index in [1.165, 1.54) is 6.42 Å². The third kappa shape index (κ3) is 5.78. The SMILES string of the molecule is C=CCOc1ccccc1CNC(=NC)NCCCC. The van der Waals surface area contributed by atoms with Crippen LogP contribution in [0, 0.1) is 0 Å². The van der Waals surface area contributed by atoms with Crippen LogP contribution in [0.15, 0.2) is 41.9 Å². The molecule has 0 aliphatic carbocycles. The van der Waals surface area contributed by atoms with Crippen molar-refractivity contribution in [3.63, 3.8) is 0 Å². The normalized spacial score (nSPS) is 11.0. The van der Waals surface area contributed by atoms with Gasteiger partial charge in [-0.3, -0.25) is 4.99 Å². The zero-order chi connectivity index (χ0) is 14.6. The number of nitrogens with zero attached hydrogens (tertiary/aromatic N) is 1. The van der Waals surface area contributed by atoms with Crippen molar-refractivity contribution >= 4 is 5.96 Å². The van der Waals surface area contributed by atoms with Gasteiger partial charge in [-0.2, -0.15) is 0 Å². The average molecular weight is 275 g/mol. The first kappa shape index (κ1) is 16.1. The molecule has 4 nitrogen and oxygen atoms in total. The molecule has 0 heterocycles. The van der Waals surface area contributed by atoms with E-state index in [0.717, 1.165) is 30.2 Å². The molecule has 0 radical (unpaired) electrons. The molecule has 0 atom stereocenters. The minimum atomic E-state index is 0.514. The quantitative estimate of drug-likeness (QED) is 0.332. The maximum Gasteiger partial charge on any atom is 0.191 e. The van der Waals surface area contributed by atoms with Gasteiger partial charge in [-0.25, -0.2) is 0 Å². The minimum Gasteiger partial charge on any atom is -0.489 e. The zero-order valence-electron chi connectivity index (χ0n) is 12.5. The first-order valence-corrected chi connectivity index (χ1v) is 7.08. The second kappa shape index (κ2) is 9.89. The van der Waals surface area contributed by atoms with Crippen LogP contribution in [-0.2, 0) is 6.54 Å². The molecule has 0 saturated heterocycles. The highest BCUT2D eigenvalue weighted by molar-refractivity contribution is 5.79. The molecule has 0 aromatic heterocycles. The average Bonchev–Trinajstić information content (AvgIpc) is 2.49. The van der Waals surface area contributed by atoms with Crippen LogP contribution >= 0.6 is 0 Å². The molecule has 0 amide bonds. The number of hydrogen-bond donors (Lipinski definition) is 2. The van der Waals surface area contributed by atoms with E-state index in [2.05, 4.69) is 29.1 Å². The number of ether oxygens (including phenoxy) is 1. The minimum absolute atomic E-state index is 0.514. The molecule has 0 spiro atoms. The van der Waals surface area contributed by atoms with Gasteiger partial charge < -0.3 is 15.4 Å². The standard InChI is InChI=1S/C16H25N3O/c1-4-6-11-18-16(17-3)19-13-14-9-7-8-10-15(14)20-12-5-2/h5,7-10H,2,4,6,11-13H2,1,3H3,(H2,17,18,19). The molecular weight excluding hydrogens is 250 g/mol. The Morgan fingerprint density at radius 2 is 2.15 bits per heavy atom. The highest BCUT2D eigenvalue weighted by Crippen LogP contribution is 2.17. The Labute approximate surface area is 121 Å². The van der Waals surface area contributed by atoms with E-state index in [4.69, 9.17) is 4.74 Å². The summed E-state index contributed by atoms with van der Waals surface area (Å²) in [6, 6.07) is 7.99. The predicted molar refractivity (Wildman–Crippen MR) is 85.2 cm³/mol. The van der Waals surface area contributed by atoms with Gasteiger partial charge in [0.1, 0.15) is 12.4 Å². The molecule has 2 N–H and O–H groups in total. The van der Waals surface area contributed by atoms with Gasteiger partial charge in [-0.05, 0) is 12.5 Å². The molecule has 0 aliphatic rings. The van der Waals surface area contributed by atoms with E-state index in [9.17, 15) is 0 Å². The summed E-state index contributed by atoms with van der Waals surface area (Å²) in [5.74, 6) is 1.70. The molecule has 110 valence electrons. The molecule has 0 unspecified atom stereocenters. The van der Waals surface area contributed by atoms with Gasteiger partial charge >= 0.3 is 0 Å². The first-order chi connectivity index (χ1) is 9.81. The summed E-state index contributed by atoms with van der Waals surface area (Å²) >= 11 is 0. The largest absolute Gasteiger partial charge is 0.489 e. The van der Waals surface area contributed by atoms with Crippen molar-refractivity contribution in [2.75, 3.05) is 20.2 Å². The van der Waals surface area contributed by atoms with Crippen molar-refractivity contribution < 1.29 is 4.74 Å². The fourth-order valence-corrected chi connectivity index (χ4v) is 1.72. The highest BCUT2D eigenvalue weighted by Gasteiger charge is 2.03. The van der Waals surface area contributed by atoms with Crippen LogP contribution in [0.4, 0.5) is 0 Å². The number of nitrogens with one attached hydrogen (secondary N) is 2. The Morgan fingerprint density at radius 1 is 1.35 bits per heavy atom. The van der Waals surface area contributed by atoms with Gasteiger partial charge in [-0.15, -0.1) is 0 Å². The number of rotatable bonds is 8. The Morgan fingerprint density at radius 3 is 2.85 bits per heavy atom. The lowest BCUT2D eigenvalue weighted by atomic mass is 10.2. The molecule has 0 bridgehead atoms. The summed E-state index contributed by atoms with van der Waals surface area (Å²) in [5, 5.41) is 6.58. The molecule has 4 heteroatoms. The Kier molecular flexibility index (Phi) is 7.96. The summed E-state index contributed by atoms with van der Waals surface area (Å²) < 4.78 is 5.63. The summed E-state index contributed by atoms with van der Waals surface area (Å²) in [4.78, 5) is 4.20. The number of para-hydroxylation sites is 1. The van der Waals surface area contributed by atoms with Gasteiger partial charge in [0.2, 0.25) is 0 Å². The lowest BCUT2D eigenvalue weighted by Crippen LogP contribution is -2.37. The van der Waals surface area contributed by atoms with E-state index in [1.54, 1.807) is 13.1 Å². The van der Waals surface area contributed by atoms with Crippen LogP contribution in [0.5, 0.6) is 5.75 Å². The number of hydrogen-bond acceptors (Lipinski definition) is 2. The molecule has 1 rings (SSSR count). The van der Waals surface area contributed by atoms with Crippen molar-refractivity contribution in [1.29, 1.82) is 0 Å². The molecule has 0 aliphatic heterocycles. The summed E-state index contributed by atoms with van der Waals surface area (Å²) in [5.41, 5.74) is 1.10. The van der Waals surface area contributed by atoms with E-state index in [0.29, 0.717) is 13.2 Å². The highest BCUT2D eigenvalue weighted by atomic mass is 16.5. The molecular formula is C16H25N3O. The predicted octanol–water partition coefficient (Wildman–Crippen LogP) is 2.72. The van der Waals surface area contributed by atoms with E-state index in [1.807, 2.05) is 24.3 Å². The summed E-state index contributed by atoms with van der Waals surface area (Å²) in [6.07, 6.45) is 4.05. The third-order valence-corrected chi connectivity index (χ3v) is 2.82. The zero-order valence-corrected chi connectivity index (χ0v) is 12.5. The monoisotopic (exact) mass is 275 g/mol. The molecule has 0 saturated carbocycles. The summed E-state index contributed by atoms with van der Waals surface area (Å²) in [6.45, 7) is 7.97. The number of guanidine groups is 1. The van der Waals surface area contributed by atoms with Crippen molar-refractivity contribution in [2.45, 2.75) is 26.3 Å². The lowest BCUT2D eigenvalue weighted by Gasteiger charge is -2.14. The lowest BCUT2D eigenvalue weighted by molar-refractivity contribution is 0.358. The second-order valence-corrected chi connectivity index (χ2v) is 4.41. The Bertz CT molecular complexity index is 429. The van der Waals surface area contributed by atoms with Gasteiger partial charge in [0.25, 0.3) is 0 Å². The van der Waals surface area contributed by atoms with Crippen LogP contribution < -0.4 is 15.4 Å². The topological polar surface area (TPSA) is 45.6 Å². The van der Waals surface area contributed by atoms with Crippen molar-refractivity contribution in [2.24, 2.45) is 4.99 Å². The van der Waals surface area contributed by atoms with Crippen LogP contribution in [0.3, 0.4) is 0 Å². The molecule has 20 heavy (non-hydrogen) atoms. The van der Waals surface area contributed by atoms with Gasteiger partial charge in [0.05, 0.1) is 0 Å². The van der Waals surface area contributed by atoms with Gasteiger partial charge in [0.15, 0.2) is 5.96 Å². The van der Waals surface area contributed by atoms with Crippen LogP contribution in [-0.4, -0.2) is 26.2 Å². The molecule has 1 aromatic carbocycles. The fraction of sp³-hybridized carbons (Fsp3) is 0.438. The summed E-state index contributed by atoms with van der Waals surface area (Å²) in [7, 11) is 1.78. The van der Waals surface area contributed by atoms with Crippen LogP contribution in [0.25, 0.3) is 0 Å². The second-order valence-electron chi connectivity index (χ2n) is 4.41. The number of benzene rings is 1. The molecule has 0 fully saturated rings. The number of unbranched alkanes of at least 4 members (excludes halogenated alkanes) is 1. The van der Waals surface area contributed by atoms with Gasteiger partial charge in [0, 0.05) is 25.7 Å². The van der Waals surface area contributed by atoms with E-state index < -0.39 is 0 Å². The third-order valence-electron chi connectivity index (χ3n) is 2.82. The maximum atomic E-state index is 5.63. The van der Waals surface area contributed by atoms with Crippen molar-refractivity contribution in [3.8, 4) is 5.75 Å². The Balaban J connectivity index is 2.52. The van der Waals surface area contributed by atoms with E-state index >= 15 is 0 Å². The fourth-order valence-electron chi connectivity index (χ4n) is 1.72. The van der Waals surface area contributed by atoms with E-state index in [-0.39, 0.29) is 0 Å². The van der Waals surface area contributed by atoms with Crippen LogP contribution in [0.2, 0.25) is 0 Å². The van der Waals surface area contributed by atoms with Crippen molar-refractivity contribution in [1.82, 2.24) is 10.6 Å². The maximum absolute atomic E-state index is 5.63. The van der Waals surface area contributed by atoms with Crippen molar-refractivity contribution in [3.05, 3.63) is 42.5 Å². The first-order valence-electron chi connectivity index (χ1n) is 7.08.